The van der Waals surface area contributed by atoms with E-state index in [9.17, 15) is 4.79 Å². The quantitative estimate of drug-likeness (QED) is 0.774. The Morgan fingerprint density at radius 2 is 1.95 bits per heavy atom. The maximum absolute atomic E-state index is 11.9. The summed E-state index contributed by atoms with van der Waals surface area (Å²) in [5, 5.41) is 0. The van der Waals surface area contributed by atoms with Gasteiger partial charge in [-0.15, -0.1) is 0 Å². The van der Waals surface area contributed by atoms with E-state index in [1.807, 2.05) is 18.7 Å². The van der Waals surface area contributed by atoms with E-state index in [0.717, 1.165) is 6.54 Å². The lowest BCUT2D eigenvalue weighted by Gasteiger charge is -2.44. The number of benzene rings is 1. The molecule has 4 rings (SSSR count). The third kappa shape index (κ3) is 1.41. The summed E-state index contributed by atoms with van der Waals surface area (Å²) in [6.45, 7) is 4.97. The minimum absolute atomic E-state index is 0.115. The molecular formula is C16H19NO2. The average molecular weight is 257 g/mol. The molecule has 3 aliphatic rings. The van der Waals surface area contributed by atoms with Crippen LogP contribution in [0.4, 0.5) is 4.79 Å². The normalized spacial score (nSPS) is 38.4. The Morgan fingerprint density at radius 1 is 1.21 bits per heavy atom. The highest BCUT2D eigenvalue weighted by molar-refractivity contribution is 5.72. The first kappa shape index (κ1) is 11.3. The van der Waals surface area contributed by atoms with Gasteiger partial charge >= 0.3 is 6.09 Å². The highest BCUT2D eigenvalue weighted by Gasteiger charge is 2.63. The molecule has 1 saturated carbocycles. The molecule has 0 spiro atoms. The number of hydrogen-bond acceptors (Lipinski definition) is 2. The third-order valence-electron chi connectivity index (χ3n) is 5.27. The van der Waals surface area contributed by atoms with Crippen molar-refractivity contribution >= 4 is 6.09 Å². The maximum Gasteiger partial charge on any atom is 0.410 e. The summed E-state index contributed by atoms with van der Waals surface area (Å²) >= 11 is 0. The van der Waals surface area contributed by atoms with Crippen molar-refractivity contribution < 1.29 is 9.53 Å². The Kier molecular flexibility index (Phi) is 2.10. The van der Waals surface area contributed by atoms with Gasteiger partial charge in [0, 0.05) is 6.54 Å². The van der Waals surface area contributed by atoms with Crippen LogP contribution in [0.15, 0.2) is 30.3 Å². The molecule has 2 aliphatic heterocycles. The van der Waals surface area contributed by atoms with Gasteiger partial charge in [-0.2, -0.15) is 0 Å². The molecule has 100 valence electrons. The fourth-order valence-electron chi connectivity index (χ4n) is 4.45. The van der Waals surface area contributed by atoms with Gasteiger partial charge < -0.3 is 9.64 Å². The molecule has 2 saturated heterocycles. The SMILES string of the molecule is CC1(C)OC(=O)N2C[C@@H]3[C@@H](C[C@H]3c3ccccc3)[C@@H]21. The highest BCUT2D eigenvalue weighted by atomic mass is 16.6. The van der Waals surface area contributed by atoms with Gasteiger partial charge in [-0.3, -0.25) is 0 Å². The highest BCUT2D eigenvalue weighted by Crippen LogP contribution is 2.58. The van der Waals surface area contributed by atoms with Crippen LogP contribution in [-0.4, -0.2) is 29.2 Å². The van der Waals surface area contributed by atoms with Gasteiger partial charge in [0.2, 0.25) is 0 Å². The molecule has 1 aliphatic carbocycles. The molecule has 0 bridgehead atoms. The predicted octanol–water partition coefficient (Wildman–Crippen LogP) is 3.02. The average Bonchev–Trinajstić information content (AvgIpc) is 2.75. The molecule has 3 nitrogen and oxygen atoms in total. The van der Waals surface area contributed by atoms with Gasteiger partial charge in [-0.25, -0.2) is 4.79 Å². The van der Waals surface area contributed by atoms with Crippen LogP contribution in [0.3, 0.4) is 0 Å². The zero-order valence-corrected chi connectivity index (χ0v) is 11.4. The lowest BCUT2D eigenvalue weighted by atomic mass is 9.60. The molecule has 4 atom stereocenters. The van der Waals surface area contributed by atoms with Crippen molar-refractivity contribution in [2.24, 2.45) is 11.8 Å². The van der Waals surface area contributed by atoms with Crippen molar-refractivity contribution in [3.05, 3.63) is 35.9 Å². The molecule has 3 fully saturated rings. The van der Waals surface area contributed by atoms with E-state index < -0.39 is 0 Å². The summed E-state index contributed by atoms with van der Waals surface area (Å²) in [7, 11) is 0. The summed E-state index contributed by atoms with van der Waals surface area (Å²) in [5.41, 5.74) is 1.11. The Bertz CT molecular complexity index is 525. The van der Waals surface area contributed by atoms with Gasteiger partial charge in [0.1, 0.15) is 5.60 Å². The number of hydrogen-bond donors (Lipinski definition) is 0. The van der Waals surface area contributed by atoms with Gasteiger partial charge in [0.15, 0.2) is 0 Å². The fourth-order valence-corrected chi connectivity index (χ4v) is 4.45. The summed E-state index contributed by atoms with van der Waals surface area (Å²) in [4.78, 5) is 13.9. The molecule has 19 heavy (non-hydrogen) atoms. The minimum Gasteiger partial charge on any atom is -0.441 e. The summed E-state index contributed by atoms with van der Waals surface area (Å²) in [6, 6.07) is 11.0. The van der Waals surface area contributed by atoms with Crippen molar-refractivity contribution in [3.63, 3.8) is 0 Å². The van der Waals surface area contributed by atoms with E-state index in [2.05, 4.69) is 30.3 Å². The molecule has 1 aromatic rings. The number of fused-ring (bicyclic) bond motifs is 3. The number of cyclic esters (lactones) is 1. The van der Waals surface area contributed by atoms with Crippen LogP contribution >= 0.6 is 0 Å². The van der Waals surface area contributed by atoms with Crippen LogP contribution in [0, 0.1) is 11.8 Å². The van der Waals surface area contributed by atoms with E-state index in [0.29, 0.717) is 17.8 Å². The van der Waals surface area contributed by atoms with Crippen molar-refractivity contribution in [3.8, 4) is 0 Å². The molecule has 1 amide bonds. The van der Waals surface area contributed by atoms with Crippen molar-refractivity contribution in [1.29, 1.82) is 0 Å². The second-order valence-corrected chi connectivity index (χ2v) is 6.65. The number of carbonyl (C=O) groups is 1. The fraction of sp³-hybridized carbons (Fsp3) is 0.562. The van der Waals surface area contributed by atoms with E-state index in [1.54, 1.807) is 0 Å². The summed E-state index contributed by atoms with van der Waals surface area (Å²) < 4.78 is 5.50. The lowest BCUT2D eigenvalue weighted by molar-refractivity contribution is 0.0258. The van der Waals surface area contributed by atoms with E-state index >= 15 is 0 Å². The predicted molar refractivity (Wildman–Crippen MR) is 71.8 cm³/mol. The van der Waals surface area contributed by atoms with E-state index in [-0.39, 0.29) is 17.7 Å². The van der Waals surface area contributed by atoms with Gasteiger partial charge in [-0.1, -0.05) is 30.3 Å². The first-order valence-electron chi connectivity index (χ1n) is 7.12. The largest absolute Gasteiger partial charge is 0.441 e. The monoisotopic (exact) mass is 257 g/mol. The first-order valence-corrected chi connectivity index (χ1v) is 7.12. The molecule has 0 unspecified atom stereocenters. The summed E-state index contributed by atoms with van der Waals surface area (Å²) in [5.74, 6) is 1.87. The van der Waals surface area contributed by atoms with Crippen LogP contribution in [0.5, 0.6) is 0 Å². The zero-order valence-electron chi connectivity index (χ0n) is 11.4. The zero-order chi connectivity index (χ0) is 13.2. The van der Waals surface area contributed by atoms with Crippen molar-refractivity contribution in [1.82, 2.24) is 4.90 Å². The van der Waals surface area contributed by atoms with Gasteiger partial charge in [-0.05, 0) is 43.6 Å². The second-order valence-electron chi connectivity index (χ2n) is 6.65. The number of nitrogens with zero attached hydrogens (tertiary/aromatic N) is 1. The Balaban J connectivity index is 1.61. The van der Waals surface area contributed by atoms with E-state index in [4.69, 9.17) is 4.74 Å². The van der Waals surface area contributed by atoms with E-state index in [1.165, 1.54) is 12.0 Å². The molecule has 1 aromatic carbocycles. The Labute approximate surface area is 113 Å². The second kappa shape index (κ2) is 3.53. The first-order chi connectivity index (χ1) is 9.08. The van der Waals surface area contributed by atoms with Crippen LogP contribution in [0.25, 0.3) is 0 Å². The molecule has 0 aromatic heterocycles. The van der Waals surface area contributed by atoms with Crippen molar-refractivity contribution in [2.75, 3.05) is 6.54 Å². The molecule has 0 radical (unpaired) electrons. The van der Waals surface area contributed by atoms with Crippen LogP contribution in [0.1, 0.15) is 31.7 Å². The summed E-state index contributed by atoms with van der Waals surface area (Å²) in [6.07, 6.45) is 1.08. The topological polar surface area (TPSA) is 29.5 Å². The number of ether oxygens (including phenoxy) is 1. The van der Waals surface area contributed by atoms with Crippen LogP contribution in [0.2, 0.25) is 0 Å². The van der Waals surface area contributed by atoms with Crippen LogP contribution < -0.4 is 0 Å². The molecule has 2 heterocycles. The molecule has 3 heteroatoms. The Hall–Kier alpha value is -1.51. The number of rotatable bonds is 1. The van der Waals surface area contributed by atoms with Crippen LogP contribution in [-0.2, 0) is 4.74 Å². The lowest BCUT2D eigenvalue weighted by Crippen LogP contribution is -2.46. The number of carbonyl (C=O) groups excluding carboxylic acids is 1. The van der Waals surface area contributed by atoms with Gasteiger partial charge in [0.05, 0.1) is 6.04 Å². The third-order valence-corrected chi connectivity index (χ3v) is 5.27. The number of amides is 1. The standard InChI is InChI=1S/C16H19NO2/c1-16(2)14-12-8-11(10-6-4-3-5-7-10)13(12)9-17(14)15(18)19-16/h3-7,11-14H,8-9H2,1-2H3/t11-,12+,13-,14+/m0/s1. The van der Waals surface area contributed by atoms with Crippen molar-refractivity contribution in [2.45, 2.75) is 37.8 Å². The Morgan fingerprint density at radius 3 is 2.68 bits per heavy atom. The van der Waals surface area contributed by atoms with Gasteiger partial charge in [0.25, 0.3) is 0 Å². The molecule has 0 N–H and O–H groups in total. The minimum atomic E-state index is -0.321. The maximum atomic E-state index is 11.9. The smallest absolute Gasteiger partial charge is 0.410 e. The molecular weight excluding hydrogens is 238 g/mol.